The largest absolute Gasteiger partial charge is 0.495 e. The molecule has 2 rings (SSSR count). The number of aliphatic hydroxyl groups excluding tert-OH is 1. The van der Waals surface area contributed by atoms with Crippen LogP contribution in [0.3, 0.4) is 0 Å². The number of hydrogen-bond acceptors (Lipinski definition) is 4. The maximum atomic E-state index is 11.4. The van der Waals surface area contributed by atoms with Crippen LogP contribution in [0, 0.1) is 0 Å². The van der Waals surface area contributed by atoms with Gasteiger partial charge < -0.3 is 9.84 Å². The van der Waals surface area contributed by atoms with Gasteiger partial charge in [-0.25, -0.2) is 8.42 Å². The summed E-state index contributed by atoms with van der Waals surface area (Å²) in [6.45, 7) is 0. The van der Waals surface area contributed by atoms with E-state index in [1.54, 1.807) is 30.3 Å². The Morgan fingerprint density at radius 1 is 1.10 bits per heavy atom. The van der Waals surface area contributed by atoms with E-state index in [2.05, 4.69) is 0 Å². The Kier molecular flexibility index (Phi) is 4.56. The first-order valence-electron chi connectivity index (χ1n) is 6.14. The minimum Gasteiger partial charge on any atom is -0.495 e. The van der Waals surface area contributed by atoms with Crippen LogP contribution in [0.2, 0.25) is 5.02 Å². The van der Waals surface area contributed by atoms with E-state index < -0.39 is 15.9 Å². The van der Waals surface area contributed by atoms with Crippen molar-refractivity contribution < 1.29 is 18.3 Å². The maximum Gasteiger partial charge on any atom is 0.175 e. The Bertz CT molecular complexity index is 739. The molecule has 0 bridgehead atoms. The molecule has 0 heterocycles. The SMILES string of the molecule is COc1cc(C(O)c2ccc(S(C)(=O)=O)cc2)ccc1Cl. The fourth-order valence-electron chi connectivity index (χ4n) is 1.94. The third-order valence-corrected chi connectivity index (χ3v) is 4.56. The van der Waals surface area contributed by atoms with Gasteiger partial charge in [0, 0.05) is 6.26 Å². The molecular weight excluding hydrogens is 312 g/mol. The van der Waals surface area contributed by atoms with Crippen LogP contribution < -0.4 is 4.74 Å². The van der Waals surface area contributed by atoms with Crippen LogP contribution >= 0.6 is 11.6 Å². The van der Waals surface area contributed by atoms with Crippen LogP contribution in [-0.2, 0) is 9.84 Å². The van der Waals surface area contributed by atoms with Crippen molar-refractivity contribution >= 4 is 21.4 Å². The molecule has 1 unspecified atom stereocenters. The highest BCUT2D eigenvalue weighted by molar-refractivity contribution is 7.90. The highest BCUT2D eigenvalue weighted by atomic mass is 35.5. The van der Waals surface area contributed by atoms with Gasteiger partial charge in [0.15, 0.2) is 9.84 Å². The first-order chi connectivity index (χ1) is 9.82. The summed E-state index contributed by atoms with van der Waals surface area (Å²) >= 11 is 5.94. The first kappa shape index (κ1) is 15.8. The molecule has 6 heteroatoms. The van der Waals surface area contributed by atoms with E-state index in [0.29, 0.717) is 21.9 Å². The lowest BCUT2D eigenvalue weighted by molar-refractivity contribution is 0.219. The van der Waals surface area contributed by atoms with Crippen molar-refractivity contribution in [2.75, 3.05) is 13.4 Å². The van der Waals surface area contributed by atoms with Gasteiger partial charge in [0.25, 0.3) is 0 Å². The number of ether oxygens (including phenoxy) is 1. The molecule has 2 aromatic rings. The van der Waals surface area contributed by atoms with Crippen molar-refractivity contribution in [1.82, 2.24) is 0 Å². The minimum atomic E-state index is -3.25. The summed E-state index contributed by atoms with van der Waals surface area (Å²) in [5.74, 6) is 0.473. The zero-order chi connectivity index (χ0) is 15.6. The van der Waals surface area contributed by atoms with Gasteiger partial charge in [-0.2, -0.15) is 0 Å². The van der Waals surface area contributed by atoms with Gasteiger partial charge in [-0.15, -0.1) is 0 Å². The molecule has 2 aromatic carbocycles. The van der Waals surface area contributed by atoms with Crippen molar-refractivity contribution in [2.45, 2.75) is 11.0 Å². The lowest BCUT2D eigenvalue weighted by Crippen LogP contribution is -2.02. The van der Waals surface area contributed by atoms with Crippen LogP contribution in [0.15, 0.2) is 47.4 Å². The second-order valence-corrected chi connectivity index (χ2v) is 7.06. The number of benzene rings is 2. The summed E-state index contributed by atoms with van der Waals surface area (Å²) in [6, 6.07) is 11.1. The molecular formula is C15H15ClO4S. The Morgan fingerprint density at radius 2 is 1.67 bits per heavy atom. The average Bonchev–Trinajstić information content (AvgIpc) is 2.46. The molecule has 0 saturated carbocycles. The van der Waals surface area contributed by atoms with Crippen molar-refractivity contribution in [3.05, 3.63) is 58.6 Å². The number of methoxy groups -OCH3 is 1. The molecule has 1 N–H and O–H groups in total. The molecule has 0 aliphatic rings. The second kappa shape index (κ2) is 6.05. The van der Waals surface area contributed by atoms with E-state index in [9.17, 15) is 13.5 Å². The van der Waals surface area contributed by atoms with Gasteiger partial charge in [0.1, 0.15) is 11.9 Å². The van der Waals surface area contributed by atoms with E-state index in [4.69, 9.17) is 16.3 Å². The molecule has 112 valence electrons. The molecule has 0 saturated heterocycles. The van der Waals surface area contributed by atoms with Gasteiger partial charge in [-0.3, -0.25) is 0 Å². The molecule has 0 amide bonds. The lowest BCUT2D eigenvalue weighted by atomic mass is 10.0. The summed E-state index contributed by atoms with van der Waals surface area (Å²) in [5, 5.41) is 10.8. The standard InChI is InChI=1S/C15H15ClO4S/c1-20-14-9-11(5-8-13(14)16)15(17)10-3-6-12(7-4-10)21(2,18)19/h3-9,15,17H,1-2H3. The first-order valence-corrected chi connectivity index (χ1v) is 8.41. The highest BCUT2D eigenvalue weighted by Gasteiger charge is 2.14. The van der Waals surface area contributed by atoms with Crippen molar-refractivity contribution in [3.63, 3.8) is 0 Å². The van der Waals surface area contributed by atoms with Crippen LogP contribution in [0.5, 0.6) is 5.75 Å². The number of aliphatic hydroxyl groups is 1. The predicted octanol–water partition coefficient (Wildman–Crippen LogP) is 2.83. The van der Waals surface area contributed by atoms with Crippen LogP contribution in [-0.4, -0.2) is 26.9 Å². The smallest absolute Gasteiger partial charge is 0.175 e. The summed E-state index contributed by atoms with van der Waals surface area (Å²) in [4.78, 5) is 0.215. The van der Waals surface area contributed by atoms with Crippen LogP contribution in [0.25, 0.3) is 0 Å². The lowest BCUT2D eigenvalue weighted by Gasteiger charge is -2.13. The highest BCUT2D eigenvalue weighted by Crippen LogP contribution is 2.30. The van der Waals surface area contributed by atoms with E-state index in [1.165, 1.54) is 19.2 Å². The quantitative estimate of drug-likeness (QED) is 0.938. The third-order valence-electron chi connectivity index (χ3n) is 3.11. The number of hydrogen-bond donors (Lipinski definition) is 1. The Hall–Kier alpha value is -1.56. The molecule has 4 nitrogen and oxygen atoms in total. The Balaban J connectivity index is 2.34. The number of halogens is 1. The molecule has 0 spiro atoms. The molecule has 1 atom stereocenters. The Morgan fingerprint density at radius 3 is 2.19 bits per heavy atom. The van der Waals surface area contributed by atoms with Gasteiger partial charge in [-0.05, 0) is 35.4 Å². The summed E-state index contributed by atoms with van der Waals surface area (Å²) in [7, 11) is -1.75. The second-order valence-electron chi connectivity index (χ2n) is 4.64. The monoisotopic (exact) mass is 326 g/mol. The van der Waals surface area contributed by atoms with Crippen molar-refractivity contribution in [3.8, 4) is 5.75 Å². The summed E-state index contributed by atoms with van der Waals surface area (Å²) < 4.78 is 27.9. The fourth-order valence-corrected chi connectivity index (χ4v) is 2.76. The predicted molar refractivity (Wildman–Crippen MR) is 81.6 cm³/mol. The van der Waals surface area contributed by atoms with Crippen LogP contribution in [0.4, 0.5) is 0 Å². The van der Waals surface area contributed by atoms with Crippen LogP contribution in [0.1, 0.15) is 17.2 Å². The van der Waals surface area contributed by atoms with Gasteiger partial charge in [-0.1, -0.05) is 29.8 Å². The summed E-state index contributed by atoms with van der Waals surface area (Å²) in [6.07, 6.45) is 0.257. The fraction of sp³-hybridized carbons (Fsp3) is 0.200. The van der Waals surface area contributed by atoms with E-state index >= 15 is 0 Å². The molecule has 0 radical (unpaired) electrons. The normalized spacial score (nSPS) is 13.0. The molecule has 21 heavy (non-hydrogen) atoms. The van der Waals surface area contributed by atoms with Crippen molar-refractivity contribution in [2.24, 2.45) is 0 Å². The molecule has 0 aliphatic heterocycles. The van der Waals surface area contributed by atoms with Gasteiger partial charge in [0.2, 0.25) is 0 Å². The number of sulfone groups is 1. The topological polar surface area (TPSA) is 63.6 Å². The Labute approximate surface area is 128 Å². The average molecular weight is 327 g/mol. The van der Waals surface area contributed by atoms with E-state index in [0.717, 1.165) is 6.26 Å². The zero-order valence-corrected chi connectivity index (χ0v) is 13.1. The minimum absolute atomic E-state index is 0.215. The number of rotatable bonds is 4. The van der Waals surface area contributed by atoms with E-state index in [-0.39, 0.29) is 4.90 Å². The summed E-state index contributed by atoms with van der Waals surface area (Å²) in [5.41, 5.74) is 1.20. The van der Waals surface area contributed by atoms with E-state index in [1.807, 2.05) is 0 Å². The molecule has 0 aliphatic carbocycles. The third kappa shape index (κ3) is 3.56. The zero-order valence-electron chi connectivity index (χ0n) is 11.6. The molecule has 0 aromatic heterocycles. The molecule has 0 fully saturated rings. The maximum absolute atomic E-state index is 11.4. The van der Waals surface area contributed by atoms with Gasteiger partial charge >= 0.3 is 0 Å². The van der Waals surface area contributed by atoms with Crippen molar-refractivity contribution in [1.29, 1.82) is 0 Å². The van der Waals surface area contributed by atoms with Gasteiger partial charge in [0.05, 0.1) is 17.0 Å².